The van der Waals surface area contributed by atoms with E-state index in [9.17, 15) is 4.79 Å². The van der Waals surface area contributed by atoms with Crippen LogP contribution in [0.15, 0.2) is 41.5 Å². The smallest absolute Gasteiger partial charge is 0.251 e. The maximum absolute atomic E-state index is 12.0. The predicted octanol–water partition coefficient (Wildman–Crippen LogP) is 2.13. The highest BCUT2D eigenvalue weighted by Gasteiger charge is 2.13. The largest absolute Gasteiger partial charge is 0.316 e. The Morgan fingerprint density at radius 1 is 1.18 bits per heavy atom. The van der Waals surface area contributed by atoms with E-state index in [1.807, 2.05) is 39.0 Å². The first-order chi connectivity index (χ1) is 10.6. The van der Waals surface area contributed by atoms with Gasteiger partial charge in [-0.15, -0.1) is 5.10 Å². The van der Waals surface area contributed by atoms with Gasteiger partial charge in [0.05, 0.1) is 0 Å². The van der Waals surface area contributed by atoms with E-state index < -0.39 is 0 Å². The highest BCUT2D eigenvalue weighted by atomic mass is 16.1. The van der Waals surface area contributed by atoms with Crippen LogP contribution in [0.3, 0.4) is 0 Å². The summed E-state index contributed by atoms with van der Waals surface area (Å²) in [7, 11) is 0. The second-order valence-electron chi connectivity index (χ2n) is 5.13. The number of nitrogens with zero attached hydrogens (tertiary/aromatic N) is 5. The van der Waals surface area contributed by atoms with Crippen molar-refractivity contribution in [3.8, 4) is 17.2 Å². The Hall–Kier alpha value is -2.76. The molecule has 0 aliphatic heterocycles. The molecular weight excluding hydrogens is 278 g/mol. The van der Waals surface area contributed by atoms with E-state index in [1.54, 1.807) is 27.7 Å². The molecule has 0 spiro atoms. The van der Waals surface area contributed by atoms with Gasteiger partial charge >= 0.3 is 0 Å². The number of hydrogen-bond acceptors (Lipinski definition) is 4. The van der Waals surface area contributed by atoms with E-state index in [0.717, 1.165) is 11.1 Å². The zero-order chi connectivity index (χ0) is 15.7. The van der Waals surface area contributed by atoms with Crippen molar-refractivity contribution in [1.82, 2.24) is 24.3 Å². The monoisotopic (exact) mass is 295 g/mol. The molecule has 0 amide bonds. The minimum atomic E-state index is -0.0515. The van der Waals surface area contributed by atoms with Crippen molar-refractivity contribution in [2.24, 2.45) is 0 Å². The molecule has 3 aromatic rings. The molecule has 0 saturated carbocycles. The molecule has 0 bridgehead atoms. The predicted molar refractivity (Wildman–Crippen MR) is 84.0 cm³/mol. The SMILES string of the molecule is CCn1ccc(-c2nc(C)nn2-c2cc(C)ccn2)cc1=O. The average Bonchev–Trinajstić information content (AvgIpc) is 2.89. The molecule has 0 aromatic carbocycles. The van der Waals surface area contributed by atoms with Crippen LogP contribution in [0.1, 0.15) is 18.3 Å². The van der Waals surface area contributed by atoms with Crippen molar-refractivity contribution in [2.45, 2.75) is 27.3 Å². The Morgan fingerprint density at radius 2 is 2.00 bits per heavy atom. The van der Waals surface area contributed by atoms with Gasteiger partial charge in [0.2, 0.25) is 0 Å². The summed E-state index contributed by atoms with van der Waals surface area (Å²) in [5.41, 5.74) is 1.77. The summed E-state index contributed by atoms with van der Waals surface area (Å²) < 4.78 is 3.31. The second kappa shape index (κ2) is 5.55. The van der Waals surface area contributed by atoms with Gasteiger partial charge in [0, 0.05) is 30.6 Å². The Morgan fingerprint density at radius 3 is 2.68 bits per heavy atom. The summed E-state index contributed by atoms with van der Waals surface area (Å²) >= 11 is 0. The van der Waals surface area contributed by atoms with E-state index >= 15 is 0 Å². The molecule has 0 fully saturated rings. The third-order valence-electron chi connectivity index (χ3n) is 3.43. The van der Waals surface area contributed by atoms with Gasteiger partial charge in [-0.1, -0.05) is 0 Å². The Bertz CT molecular complexity index is 878. The Labute approximate surface area is 128 Å². The molecule has 0 N–H and O–H groups in total. The zero-order valence-electron chi connectivity index (χ0n) is 12.8. The zero-order valence-corrected chi connectivity index (χ0v) is 12.8. The fourth-order valence-electron chi connectivity index (χ4n) is 2.31. The number of pyridine rings is 2. The van der Waals surface area contributed by atoms with Crippen molar-refractivity contribution < 1.29 is 0 Å². The number of hydrogen-bond donors (Lipinski definition) is 0. The molecule has 6 nitrogen and oxygen atoms in total. The van der Waals surface area contributed by atoms with E-state index in [0.29, 0.717) is 24.0 Å². The molecule has 0 aliphatic carbocycles. The van der Waals surface area contributed by atoms with E-state index in [2.05, 4.69) is 15.1 Å². The Kier molecular flexibility index (Phi) is 3.58. The van der Waals surface area contributed by atoms with E-state index in [-0.39, 0.29) is 5.56 Å². The molecule has 0 atom stereocenters. The van der Waals surface area contributed by atoms with Crippen molar-refractivity contribution in [3.63, 3.8) is 0 Å². The van der Waals surface area contributed by atoms with Crippen LogP contribution in [0.4, 0.5) is 0 Å². The fraction of sp³-hybridized carbons (Fsp3) is 0.250. The number of aromatic nitrogens is 5. The van der Waals surface area contributed by atoms with Crippen molar-refractivity contribution >= 4 is 0 Å². The van der Waals surface area contributed by atoms with Crippen molar-refractivity contribution in [2.75, 3.05) is 0 Å². The molecule has 3 rings (SSSR count). The molecule has 3 heterocycles. The van der Waals surface area contributed by atoms with Crippen LogP contribution in [0.25, 0.3) is 17.2 Å². The first-order valence-electron chi connectivity index (χ1n) is 7.16. The van der Waals surface area contributed by atoms with Gasteiger partial charge in [-0.05, 0) is 44.5 Å². The summed E-state index contributed by atoms with van der Waals surface area (Å²) in [6, 6.07) is 7.32. The van der Waals surface area contributed by atoms with Gasteiger partial charge < -0.3 is 4.57 Å². The number of aryl methyl sites for hydroxylation is 3. The fourth-order valence-corrected chi connectivity index (χ4v) is 2.31. The molecule has 0 aliphatic rings. The molecule has 0 radical (unpaired) electrons. The van der Waals surface area contributed by atoms with Gasteiger partial charge in [-0.2, -0.15) is 4.68 Å². The molecule has 112 valence electrons. The summed E-state index contributed by atoms with van der Waals surface area (Å²) in [6.07, 6.45) is 3.51. The highest BCUT2D eigenvalue weighted by molar-refractivity contribution is 5.56. The first kappa shape index (κ1) is 14.2. The van der Waals surface area contributed by atoms with Gasteiger partial charge in [-0.3, -0.25) is 4.79 Å². The third kappa shape index (κ3) is 2.55. The second-order valence-corrected chi connectivity index (χ2v) is 5.13. The highest BCUT2D eigenvalue weighted by Crippen LogP contribution is 2.19. The van der Waals surface area contributed by atoms with Gasteiger partial charge in [0.1, 0.15) is 5.82 Å². The van der Waals surface area contributed by atoms with Crippen LogP contribution in [0.2, 0.25) is 0 Å². The molecule has 0 saturated heterocycles. The van der Waals surface area contributed by atoms with Crippen LogP contribution in [-0.2, 0) is 6.54 Å². The molecule has 3 aromatic heterocycles. The maximum atomic E-state index is 12.0. The summed E-state index contributed by atoms with van der Waals surface area (Å²) in [5, 5.41) is 4.40. The molecular formula is C16H17N5O. The minimum Gasteiger partial charge on any atom is -0.316 e. The lowest BCUT2D eigenvalue weighted by molar-refractivity contribution is 0.727. The summed E-state index contributed by atoms with van der Waals surface area (Å²) in [6.45, 7) is 6.40. The lowest BCUT2D eigenvalue weighted by Crippen LogP contribution is -2.17. The summed E-state index contributed by atoms with van der Waals surface area (Å²) in [5.74, 6) is 1.95. The number of rotatable bonds is 3. The topological polar surface area (TPSA) is 65.6 Å². The van der Waals surface area contributed by atoms with Crippen LogP contribution in [0.5, 0.6) is 0 Å². The lowest BCUT2D eigenvalue weighted by atomic mass is 10.2. The van der Waals surface area contributed by atoms with Gasteiger partial charge in [0.15, 0.2) is 11.6 Å². The van der Waals surface area contributed by atoms with Crippen LogP contribution >= 0.6 is 0 Å². The van der Waals surface area contributed by atoms with Crippen LogP contribution in [-0.4, -0.2) is 24.3 Å². The minimum absolute atomic E-state index is 0.0515. The molecule has 6 heteroatoms. The molecule has 0 unspecified atom stereocenters. The van der Waals surface area contributed by atoms with Crippen molar-refractivity contribution in [1.29, 1.82) is 0 Å². The first-order valence-corrected chi connectivity index (χ1v) is 7.16. The quantitative estimate of drug-likeness (QED) is 0.742. The van der Waals surface area contributed by atoms with Gasteiger partial charge in [-0.25, -0.2) is 9.97 Å². The Balaban J connectivity index is 2.16. The lowest BCUT2D eigenvalue weighted by Gasteiger charge is -2.07. The van der Waals surface area contributed by atoms with E-state index in [1.165, 1.54) is 0 Å². The molecule has 22 heavy (non-hydrogen) atoms. The maximum Gasteiger partial charge on any atom is 0.251 e. The van der Waals surface area contributed by atoms with Crippen molar-refractivity contribution in [3.05, 3.63) is 58.4 Å². The van der Waals surface area contributed by atoms with E-state index in [4.69, 9.17) is 0 Å². The van der Waals surface area contributed by atoms with Gasteiger partial charge in [0.25, 0.3) is 5.56 Å². The normalized spacial score (nSPS) is 10.9. The average molecular weight is 295 g/mol. The van der Waals surface area contributed by atoms with Crippen LogP contribution in [0, 0.1) is 13.8 Å². The third-order valence-corrected chi connectivity index (χ3v) is 3.43. The summed E-state index contributed by atoms with van der Waals surface area (Å²) in [4.78, 5) is 20.8. The standard InChI is InChI=1S/C16H17N5O/c1-4-20-8-6-13(10-15(20)22)16-18-12(3)19-21(16)14-9-11(2)5-7-17-14/h5-10H,4H2,1-3H3. The van der Waals surface area contributed by atoms with Crippen LogP contribution < -0.4 is 5.56 Å².